The molecule has 0 radical (unpaired) electrons. The first-order valence-electron chi connectivity index (χ1n) is 6.58. The molecule has 2 N–H and O–H groups in total. The fourth-order valence-corrected chi connectivity index (χ4v) is 1.97. The minimum Gasteiger partial charge on any atom is -0.329 e. The molecule has 6 heteroatoms. The lowest BCUT2D eigenvalue weighted by Crippen LogP contribution is -2.43. The molecule has 2 amide bonds. The normalized spacial score (nSPS) is 11.1. The molecule has 0 heterocycles. The highest BCUT2D eigenvalue weighted by molar-refractivity contribution is 5.89. The summed E-state index contributed by atoms with van der Waals surface area (Å²) in [5.41, 5.74) is -0.244. The molecule has 0 unspecified atom stereocenters. The lowest BCUT2D eigenvalue weighted by molar-refractivity contribution is 0.241. The van der Waals surface area contributed by atoms with Crippen molar-refractivity contribution < 1.29 is 18.0 Å². The molecule has 0 aromatic heterocycles. The van der Waals surface area contributed by atoms with Gasteiger partial charge in [0.15, 0.2) is 0 Å². The van der Waals surface area contributed by atoms with Gasteiger partial charge < -0.3 is 10.6 Å². The molecule has 0 aliphatic rings. The highest BCUT2D eigenvalue weighted by atomic mass is 19.1. The van der Waals surface area contributed by atoms with Gasteiger partial charge in [0.2, 0.25) is 0 Å². The van der Waals surface area contributed by atoms with Crippen LogP contribution < -0.4 is 10.6 Å². The van der Waals surface area contributed by atoms with Gasteiger partial charge in [0.25, 0.3) is 0 Å². The highest BCUT2D eigenvalue weighted by Gasteiger charge is 2.23. The Hall–Kier alpha value is -2.50. The SMILES string of the molecule is CC(C)(NC(=O)Nc1ccc(F)cc1F)c1ccc(F)cc1. The quantitative estimate of drug-likeness (QED) is 0.878. The van der Waals surface area contributed by atoms with E-state index in [0.717, 1.165) is 12.1 Å². The third-order valence-electron chi connectivity index (χ3n) is 3.17. The standard InChI is InChI=1S/C16H15F3N2O/c1-16(2,10-3-5-11(17)6-4-10)21-15(22)20-14-8-7-12(18)9-13(14)19/h3-9H,1-2H3,(H2,20,21,22). The smallest absolute Gasteiger partial charge is 0.320 e. The number of carbonyl (C=O) groups is 1. The van der Waals surface area contributed by atoms with Gasteiger partial charge in [-0.2, -0.15) is 0 Å². The molecule has 0 aliphatic heterocycles. The Balaban J connectivity index is 2.08. The molecule has 2 aromatic rings. The van der Waals surface area contributed by atoms with E-state index < -0.39 is 23.2 Å². The summed E-state index contributed by atoms with van der Waals surface area (Å²) in [5, 5.41) is 4.96. The van der Waals surface area contributed by atoms with Crippen molar-refractivity contribution in [2.24, 2.45) is 0 Å². The van der Waals surface area contributed by atoms with Crippen LogP contribution in [-0.4, -0.2) is 6.03 Å². The third kappa shape index (κ3) is 3.78. The molecule has 0 fully saturated rings. The molecule has 116 valence electrons. The first-order chi connectivity index (χ1) is 10.3. The molecule has 0 bridgehead atoms. The predicted molar refractivity (Wildman–Crippen MR) is 77.9 cm³/mol. The van der Waals surface area contributed by atoms with Crippen LogP contribution in [0.5, 0.6) is 0 Å². The van der Waals surface area contributed by atoms with Crippen LogP contribution in [0, 0.1) is 17.5 Å². The van der Waals surface area contributed by atoms with Gasteiger partial charge in [0, 0.05) is 6.07 Å². The summed E-state index contributed by atoms with van der Waals surface area (Å²) >= 11 is 0. The fourth-order valence-electron chi connectivity index (χ4n) is 1.97. The summed E-state index contributed by atoms with van der Waals surface area (Å²) in [7, 11) is 0. The molecule has 2 rings (SSSR count). The summed E-state index contributed by atoms with van der Waals surface area (Å²) in [6, 6.07) is 7.88. The number of halogens is 3. The topological polar surface area (TPSA) is 41.1 Å². The zero-order valence-corrected chi connectivity index (χ0v) is 12.1. The second-order valence-corrected chi connectivity index (χ2v) is 5.34. The number of amides is 2. The zero-order chi connectivity index (χ0) is 16.3. The summed E-state index contributed by atoms with van der Waals surface area (Å²) in [5.74, 6) is -1.97. The van der Waals surface area contributed by atoms with Crippen molar-refractivity contribution in [3.63, 3.8) is 0 Å². The number of nitrogens with one attached hydrogen (secondary N) is 2. The van der Waals surface area contributed by atoms with Gasteiger partial charge in [-0.3, -0.25) is 0 Å². The van der Waals surface area contributed by atoms with Gasteiger partial charge in [0.05, 0.1) is 11.2 Å². The first kappa shape index (κ1) is 15.9. The van der Waals surface area contributed by atoms with E-state index in [-0.39, 0.29) is 11.5 Å². The molecule has 0 atom stereocenters. The van der Waals surface area contributed by atoms with Crippen LogP contribution in [0.3, 0.4) is 0 Å². The van der Waals surface area contributed by atoms with Crippen LogP contribution in [0.1, 0.15) is 19.4 Å². The number of hydrogen-bond donors (Lipinski definition) is 2. The van der Waals surface area contributed by atoms with E-state index in [9.17, 15) is 18.0 Å². The van der Waals surface area contributed by atoms with Gasteiger partial charge in [0.1, 0.15) is 17.5 Å². The van der Waals surface area contributed by atoms with Gasteiger partial charge in [-0.25, -0.2) is 18.0 Å². The van der Waals surface area contributed by atoms with Gasteiger partial charge in [-0.05, 0) is 43.7 Å². The van der Waals surface area contributed by atoms with Gasteiger partial charge in [-0.15, -0.1) is 0 Å². The summed E-state index contributed by atoms with van der Waals surface area (Å²) in [4.78, 5) is 11.9. The highest BCUT2D eigenvalue weighted by Crippen LogP contribution is 2.21. The molecular formula is C16H15F3N2O. The van der Waals surface area contributed by atoms with E-state index >= 15 is 0 Å². The van der Waals surface area contributed by atoms with E-state index in [4.69, 9.17) is 0 Å². The number of carbonyl (C=O) groups excluding carboxylic acids is 1. The number of urea groups is 1. The van der Waals surface area contributed by atoms with Gasteiger partial charge >= 0.3 is 6.03 Å². The van der Waals surface area contributed by atoms with Crippen molar-refractivity contribution in [1.82, 2.24) is 5.32 Å². The Labute approximate surface area is 126 Å². The second kappa shape index (κ2) is 6.09. The first-order valence-corrected chi connectivity index (χ1v) is 6.58. The van der Waals surface area contributed by atoms with Crippen LogP contribution in [0.4, 0.5) is 23.7 Å². The number of benzene rings is 2. The van der Waals surface area contributed by atoms with Crippen LogP contribution >= 0.6 is 0 Å². The Morgan fingerprint density at radius 3 is 2.14 bits per heavy atom. The van der Waals surface area contributed by atoms with E-state index in [1.165, 1.54) is 12.1 Å². The van der Waals surface area contributed by atoms with Crippen molar-refractivity contribution in [2.75, 3.05) is 5.32 Å². The molecule has 2 aromatic carbocycles. The van der Waals surface area contributed by atoms with Crippen LogP contribution in [0.2, 0.25) is 0 Å². The van der Waals surface area contributed by atoms with Crippen molar-refractivity contribution in [3.8, 4) is 0 Å². The summed E-state index contributed by atoms with van der Waals surface area (Å²) < 4.78 is 39.2. The number of hydrogen-bond acceptors (Lipinski definition) is 1. The molecule has 0 spiro atoms. The number of rotatable bonds is 3. The maximum atomic E-state index is 13.5. The van der Waals surface area contributed by atoms with Crippen LogP contribution in [-0.2, 0) is 5.54 Å². The Morgan fingerprint density at radius 1 is 0.955 bits per heavy atom. The number of anilines is 1. The summed E-state index contributed by atoms with van der Waals surface area (Å²) in [6.45, 7) is 3.45. The largest absolute Gasteiger partial charge is 0.329 e. The molecule has 3 nitrogen and oxygen atoms in total. The van der Waals surface area contributed by atoms with Crippen molar-refractivity contribution in [2.45, 2.75) is 19.4 Å². The van der Waals surface area contributed by atoms with E-state index in [0.29, 0.717) is 11.6 Å². The third-order valence-corrected chi connectivity index (χ3v) is 3.17. The zero-order valence-electron chi connectivity index (χ0n) is 12.1. The predicted octanol–water partition coefficient (Wildman–Crippen LogP) is 4.16. The minimum atomic E-state index is -0.866. The maximum absolute atomic E-state index is 13.5. The fraction of sp³-hybridized carbons (Fsp3) is 0.188. The Bertz CT molecular complexity index is 684. The van der Waals surface area contributed by atoms with Crippen molar-refractivity contribution in [3.05, 3.63) is 65.5 Å². The average Bonchev–Trinajstić information content (AvgIpc) is 2.42. The van der Waals surface area contributed by atoms with Crippen LogP contribution in [0.25, 0.3) is 0 Å². The van der Waals surface area contributed by atoms with E-state index in [1.807, 2.05) is 0 Å². The second-order valence-electron chi connectivity index (χ2n) is 5.34. The van der Waals surface area contributed by atoms with E-state index in [2.05, 4.69) is 10.6 Å². The molecule has 0 saturated carbocycles. The lowest BCUT2D eigenvalue weighted by Gasteiger charge is -2.27. The maximum Gasteiger partial charge on any atom is 0.320 e. The lowest BCUT2D eigenvalue weighted by atomic mass is 9.94. The molecular weight excluding hydrogens is 293 g/mol. The van der Waals surface area contributed by atoms with Crippen molar-refractivity contribution in [1.29, 1.82) is 0 Å². The molecule has 22 heavy (non-hydrogen) atoms. The minimum absolute atomic E-state index is 0.131. The Kier molecular flexibility index (Phi) is 4.40. The average molecular weight is 308 g/mol. The monoisotopic (exact) mass is 308 g/mol. The molecule has 0 saturated heterocycles. The molecule has 0 aliphatic carbocycles. The Morgan fingerprint density at radius 2 is 1.55 bits per heavy atom. The van der Waals surface area contributed by atoms with Crippen molar-refractivity contribution >= 4 is 11.7 Å². The summed E-state index contributed by atoms with van der Waals surface area (Å²) in [6.07, 6.45) is 0. The van der Waals surface area contributed by atoms with Gasteiger partial charge in [-0.1, -0.05) is 12.1 Å². The van der Waals surface area contributed by atoms with E-state index in [1.54, 1.807) is 26.0 Å². The van der Waals surface area contributed by atoms with Crippen LogP contribution in [0.15, 0.2) is 42.5 Å².